The molecule has 0 bridgehead atoms. The summed E-state index contributed by atoms with van der Waals surface area (Å²) in [5.74, 6) is 1.84. The minimum atomic E-state index is -0.113. The molecule has 27 heavy (non-hydrogen) atoms. The van der Waals surface area contributed by atoms with Crippen molar-refractivity contribution >= 4 is 17.5 Å². The first-order valence-electron chi connectivity index (χ1n) is 8.98. The molecule has 6 nitrogen and oxygen atoms in total. The highest BCUT2D eigenvalue weighted by Crippen LogP contribution is 2.31. The van der Waals surface area contributed by atoms with Gasteiger partial charge in [0.1, 0.15) is 11.5 Å². The second-order valence-corrected chi connectivity index (χ2v) is 6.50. The number of anilines is 1. The van der Waals surface area contributed by atoms with Crippen LogP contribution in [0.1, 0.15) is 35.2 Å². The molecule has 4 rings (SSSR count). The van der Waals surface area contributed by atoms with Crippen LogP contribution in [0.2, 0.25) is 0 Å². The van der Waals surface area contributed by atoms with Gasteiger partial charge in [0.05, 0.1) is 6.26 Å². The second-order valence-electron chi connectivity index (χ2n) is 6.50. The van der Waals surface area contributed by atoms with Crippen molar-refractivity contribution in [2.24, 2.45) is 0 Å². The average molecular weight is 364 g/mol. The van der Waals surface area contributed by atoms with E-state index in [-0.39, 0.29) is 11.8 Å². The highest BCUT2D eigenvalue weighted by Gasteiger charge is 2.26. The fourth-order valence-corrected chi connectivity index (χ4v) is 3.20. The van der Waals surface area contributed by atoms with Gasteiger partial charge in [-0.2, -0.15) is 0 Å². The molecule has 0 spiro atoms. The molecule has 0 radical (unpaired) electrons. The molecule has 0 saturated heterocycles. The van der Waals surface area contributed by atoms with E-state index < -0.39 is 0 Å². The predicted molar refractivity (Wildman–Crippen MR) is 100 cm³/mol. The van der Waals surface area contributed by atoms with Gasteiger partial charge in [-0.3, -0.25) is 9.59 Å². The zero-order chi connectivity index (χ0) is 18.8. The van der Waals surface area contributed by atoms with E-state index in [1.54, 1.807) is 17.0 Å². The van der Waals surface area contributed by atoms with Gasteiger partial charge >= 0.3 is 0 Å². The zero-order valence-electron chi connectivity index (χ0n) is 15.0. The van der Waals surface area contributed by atoms with Gasteiger partial charge in [0, 0.05) is 42.7 Å². The van der Waals surface area contributed by atoms with Crippen molar-refractivity contribution < 1.29 is 18.4 Å². The molecule has 1 N–H and O–H groups in total. The van der Waals surface area contributed by atoms with Crippen molar-refractivity contribution in [2.75, 3.05) is 11.9 Å². The third kappa shape index (κ3) is 3.51. The Balaban J connectivity index is 1.54. The zero-order valence-corrected chi connectivity index (χ0v) is 15.0. The Labute approximate surface area is 156 Å². The van der Waals surface area contributed by atoms with Crippen LogP contribution in [-0.2, 0) is 17.8 Å². The van der Waals surface area contributed by atoms with Crippen molar-refractivity contribution in [1.29, 1.82) is 0 Å². The molecule has 2 aromatic heterocycles. The summed E-state index contributed by atoms with van der Waals surface area (Å²) in [7, 11) is 0. The van der Waals surface area contributed by atoms with E-state index in [0.29, 0.717) is 31.7 Å². The van der Waals surface area contributed by atoms with E-state index in [1.165, 1.54) is 6.26 Å². The first-order chi connectivity index (χ1) is 13.1. The van der Waals surface area contributed by atoms with Gasteiger partial charge in [0.15, 0.2) is 5.76 Å². The molecule has 0 aliphatic carbocycles. The second kappa shape index (κ2) is 7.15. The Bertz CT molecular complexity index is 972. The topological polar surface area (TPSA) is 75.7 Å². The van der Waals surface area contributed by atoms with Crippen molar-refractivity contribution in [1.82, 2.24) is 4.90 Å². The molecule has 6 heteroatoms. The van der Waals surface area contributed by atoms with Gasteiger partial charge in [0.2, 0.25) is 5.91 Å². The van der Waals surface area contributed by atoms with Gasteiger partial charge in [-0.25, -0.2) is 0 Å². The van der Waals surface area contributed by atoms with E-state index >= 15 is 0 Å². The van der Waals surface area contributed by atoms with Crippen LogP contribution in [0.4, 0.5) is 5.69 Å². The average Bonchev–Trinajstić information content (AvgIpc) is 3.36. The lowest BCUT2D eigenvalue weighted by Gasteiger charge is -2.25. The summed E-state index contributed by atoms with van der Waals surface area (Å²) in [6, 6.07) is 12.9. The first kappa shape index (κ1) is 17.1. The van der Waals surface area contributed by atoms with Crippen molar-refractivity contribution in [3.63, 3.8) is 0 Å². The van der Waals surface area contributed by atoms with E-state index in [2.05, 4.69) is 5.32 Å². The number of hydrogen-bond acceptors (Lipinski definition) is 4. The molecule has 3 aromatic rings. The normalized spacial score (nSPS) is 13.3. The number of benzene rings is 1. The van der Waals surface area contributed by atoms with Crippen LogP contribution >= 0.6 is 0 Å². The quantitative estimate of drug-likeness (QED) is 0.757. The number of fused-ring (bicyclic) bond motifs is 1. The van der Waals surface area contributed by atoms with Gasteiger partial charge in [0.25, 0.3) is 5.91 Å². The van der Waals surface area contributed by atoms with Crippen LogP contribution in [0.5, 0.6) is 0 Å². The lowest BCUT2D eigenvalue weighted by Crippen LogP contribution is -2.35. The van der Waals surface area contributed by atoms with Gasteiger partial charge in [-0.1, -0.05) is 19.1 Å². The van der Waals surface area contributed by atoms with Crippen molar-refractivity contribution in [2.45, 2.75) is 26.3 Å². The molecular weight excluding hydrogens is 344 g/mol. The smallest absolute Gasteiger partial charge is 0.289 e. The summed E-state index contributed by atoms with van der Waals surface area (Å²) in [6.07, 6.45) is 2.59. The molecule has 0 fully saturated rings. The molecule has 1 aliphatic heterocycles. The highest BCUT2D eigenvalue weighted by atomic mass is 16.3. The fraction of sp³-hybridized carbons (Fsp3) is 0.238. The van der Waals surface area contributed by atoms with Crippen LogP contribution in [0, 0.1) is 0 Å². The third-order valence-electron chi connectivity index (χ3n) is 4.64. The summed E-state index contributed by atoms with van der Waals surface area (Å²) in [6.45, 7) is 2.90. The van der Waals surface area contributed by atoms with E-state index in [0.717, 1.165) is 28.3 Å². The first-order valence-corrected chi connectivity index (χ1v) is 8.98. The maximum absolute atomic E-state index is 12.5. The number of amides is 2. The van der Waals surface area contributed by atoms with Crippen LogP contribution in [0.25, 0.3) is 11.3 Å². The standard InChI is InChI=1S/C21H20N2O4/c1-2-20(24)22-16-6-3-5-14(11-16)19-12-15-13-23(9-8-17(15)27-19)21(25)18-7-4-10-26-18/h3-7,10-12H,2,8-9,13H2,1H3,(H,22,24). The Kier molecular flexibility index (Phi) is 4.54. The molecular formula is C21H20N2O4. The Morgan fingerprint density at radius 3 is 2.85 bits per heavy atom. The van der Waals surface area contributed by atoms with E-state index in [1.807, 2.05) is 37.3 Å². The predicted octanol–water partition coefficient (Wildman–Crippen LogP) is 4.09. The van der Waals surface area contributed by atoms with Crippen molar-refractivity contribution in [3.8, 4) is 11.3 Å². The largest absolute Gasteiger partial charge is 0.461 e. The molecule has 0 atom stereocenters. The number of nitrogens with one attached hydrogen (secondary N) is 1. The highest BCUT2D eigenvalue weighted by molar-refractivity contribution is 5.92. The van der Waals surface area contributed by atoms with Gasteiger partial charge in [-0.05, 0) is 30.3 Å². The number of rotatable bonds is 4. The number of furan rings is 2. The maximum Gasteiger partial charge on any atom is 0.289 e. The van der Waals surface area contributed by atoms with Gasteiger partial charge in [-0.15, -0.1) is 0 Å². The van der Waals surface area contributed by atoms with Crippen molar-refractivity contribution in [3.05, 3.63) is 65.8 Å². The summed E-state index contributed by atoms with van der Waals surface area (Å²) in [5.41, 5.74) is 2.63. The molecule has 3 heterocycles. The summed E-state index contributed by atoms with van der Waals surface area (Å²) in [4.78, 5) is 25.9. The Morgan fingerprint density at radius 1 is 1.19 bits per heavy atom. The summed E-state index contributed by atoms with van der Waals surface area (Å²) < 4.78 is 11.2. The Hall–Kier alpha value is -3.28. The maximum atomic E-state index is 12.5. The summed E-state index contributed by atoms with van der Waals surface area (Å²) in [5, 5.41) is 2.86. The van der Waals surface area contributed by atoms with Gasteiger partial charge < -0.3 is 19.1 Å². The van der Waals surface area contributed by atoms with Crippen LogP contribution in [0.15, 0.2) is 57.6 Å². The summed E-state index contributed by atoms with van der Waals surface area (Å²) >= 11 is 0. The minimum absolute atomic E-state index is 0.0297. The third-order valence-corrected chi connectivity index (χ3v) is 4.64. The lowest BCUT2D eigenvalue weighted by molar-refractivity contribution is -0.115. The molecule has 1 aromatic carbocycles. The number of carbonyl (C=O) groups is 2. The number of nitrogens with zero attached hydrogens (tertiary/aromatic N) is 1. The lowest BCUT2D eigenvalue weighted by atomic mass is 10.1. The van der Waals surface area contributed by atoms with E-state index in [9.17, 15) is 9.59 Å². The molecule has 0 unspecified atom stereocenters. The fourth-order valence-electron chi connectivity index (χ4n) is 3.20. The monoisotopic (exact) mass is 364 g/mol. The van der Waals surface area contributed by atoms with Crippen LogP contribution in [-0.4, -0.2) is 23.3 Å². The molecule has 2 amide bonds. The van der Waals surface area contributed by atoms with Crippen LogP contribution in [0.3, 0.4) is 0 Å². The number of hydrogen-bond donors (Lipinski definition) is 1. The number of carbonyl (C=O) groups excluding carboxylic acids is 2. The Morgan fingerprint density at radius 2 is 2.07 bits per heavy atom. The molecule has 0 saturated carbocycles. The van der Waals surface area contributed by atoms with Crippen LogP contribution < -0.4 is 5.32 Å². The molecule has 1 aliphatic rings. The van der Waals surface area contributed by atoms with E-state index in [4.69, 9.17) is 8.83 Å². The SMILES string of the molecule is CCC(=O)Nc1cccc(-c2cc3c(o2)CCN(C(=O)c2ccco2)C3)c1. The molecule has 138 valence electrons. The minimum Gasteiger partial charge on any atom is -0.461 e.